The van der Waals surface area contributed by atoms with E-state index >= 15 is 0 Å². The van der Waals surface area contributed by atoms with E-state index in [0.29, 0.717) is 16.9 Å². The Bertz CT molecular complexity index is 536. The van der Waals surface area contributed by atoms with Crippen molar-refractivity contribution in [3.05, 3.63) is 27.9 Å². The topological polar surface area (TPSA) is 68.1 Å². The third-order valence-electron chi connectivity index (χ3n) is 4.17. The maximum absolute atomic E-state index is 10.8. The minimum atomic E-state index is -0.406. The van der Waals surface area contributed by atoms with Gasteiger partial charge in [-0.3, -0.25) is 10.1 Å². The molecule has 0 aromatic carbocycles. The molecule has 0 spiro atoms. The fourth-order valence-corrected chi connectivity index (χ4v) is 3.95. The third kappa shape index (κ3) is 3.93. The Labute approximate surface area is 126 Å². The molecule has 5 nitrogen and oxygen atoms in total. The second-order valence-electron chi connectivity index (χ2n) is 7.87. The maximum atomic E-state index is 10.8. The minimum Gasteiger partial charge on any atom is -0.367 e. The number of aryl methyl sites for hydroxylation is 1. The van der Waals surface area contributed by atoms with Crippen LogP contribution in [0.3, 0.4) is 0 Å². The highest BCUT2D eigenvalue weighted by Gasteiger charge is 2.38. The number of hydrogen-bond donors (Lipinski definition) is 1. The number of rotatable bonds is 3. The van der Waals surface area contributed by atoms with Crippen molar-refractivity contribution in [2.75, 3.05) is 5.32 Å². The molecule has 1 heterocycles. The number of pyridine rings is 1. The van der Waals surface area contributed by atoms with Gasteiger partial charge in [-0.2, -0.15) is 0 Å². The second kappa shape index (κ2) is 5.28. The van der Waals surface area contributed by atoms with Crippen molar-refractivity contribution in [1.82, 2.24) is 4.98 Å². The summed E-state index contributed by atoms with van der Waals surface area (Å²) < 4.78 is 0. The van der Waals surface area contributed by atoms with E-state index in [2.05, 4.69) is 38.0 Å². The van der Waals surface area contributed by atoms with E-state index in [-0.39, 0.29) is 5.69 Å². The van der Waals surface area contributed by atoms with Gasteiger partial charge in [0.15, 0.2) is 0 Å². The minimum absolute atomic E-state index is 0.0438. The molecule has 1 aromatic rings. The molecule has 0 bridgehead atoms. The van der Waals surface area contributed by atoms with Gasteiger partial charge in [0.05, 0.1) is 4.92 Å². The molecule has 116 valence electrons. The monoisotopic (exact) mass is 291 g/mol. The van der Waals surface area contributed by atoms with Gasteiger partial charge >= 0.3 is 0 Å². The predicted octanol–water partition coefficient (Wildman–Crippen LogP) is 4.32. The summed E-state index contributed by atoms with van der Waals surface area (Å²) in [7, 11) is 0. The Kier molecular flexibility index (Phi) is 3.95. The van der Waals surface area contributed by atoms with Crippen LogP contribution in [0.4, 0.5) is 11.5 Å². The zero-order chi connectivity index (χ0) is 15.8. The fourth-order valence-electron chi connectivity index (χ4n) is 3.95. The Hall–Kier alpha value is -1.65. The van der Waals surface area contributed by atoms with Crippen molar-refractivity contribution in [1.29, 1.82) is 0 Å². The average Bonchev–Trinajstić information content (AvgIpc) is 2.27. The van der Waals surface area contributed by atoms with E-state index < -0.39 is 4.92 Å². The molecule has 0 unspecified atom stereocenters. The highest BCUT2D eigenvalue weighted by Crippen LogP contribution is 2.46. The van der Waals surface area contributed by atoms with Gasteiger partial charge in [0, 0.05) is 12.1 Å². The van der Waals surface area contributed by atoms with Crippen LogP contribution in [0.5, 0.6) is 0 Å². The number of nitrogens with zero attached hydrogens (tertiary/aromatic N) is 2. The molecule has 1 saturated carbocycles. The van der Waals surface area contributed by atoms with Gasteiger partial charge in [0.2, 0.25) is 0 Å². The number of nitro groups is 1. The molecule has 21 heavy (non-hydrogen) atoms. The normalized spacial score (nSPS) is 21.0. The van der Waals surface area contributed by atoms with Gasteiger partial charge in [0.1, 0.15) is 12.0 Å². The molecule has 5 heteroatoms. The van der Waals surface area contributed by atoms with E-state index in [1.54, 1.807) is 6.07 Å². The van der Waals surface area contributed by atoms with Crippen LogP contribution in [0.25, 0.3) is 0 Å². The third-order valence-corrected chi connectivity index (χ3v) is 4.17. The van der Waals surface area contributed by atoms with Crippen LogP contribution in [0, 0.1) is 27.9 Å². The van der Waals surface area contributed by atoms with E-state index in [9.17, 15) is 10.1 Å². The van der Waals surface area contributed by atoms with Gasteiger partial charge < -0.3 is 5.32 Å². The molecular weight excluding hydrogens is 266 g/mol. The van der Waals surface area contributed by atoms with E-state index in [4.69, 9.17) is 0 Å². The summed E-state index contributed by atoms with van der Waals surface area (Å²) in [5.41, 5.74) is 1.47. The first-order valence-corrected chi connectivity index (χ1v) is 7.46. The molecule has 1 aliphatic rings. The van der Waals surface area contributed by atoms with Gasteiger partial charge in [-0.05, 0) is 42.6 Å². The lowest BCUT2D eigenvalue weighted by molar-refractivity contribution is -0.385. The Morgan fingerprint density at radius 3 is 2.33 bits per heavy atom. The standard InChI is InChI=1S/C16H25N3O2/c1-11-6-13(19(20)21)9-17-14(11)18-12-7-15(2,3)10-16(4,5)8-12/h6,9,12H,7-8,10H2,1-5H3,(H,17,18). The van der Waals surface area contributed by atoms with Gasteiger partial charge in [0.25, 0.3) is 5.69 Å². The summed E-state index contributed by atoms with van der Waals surface area (Å²) in [6, 6.07) is 1.94. The molecule has 1 aromatic heterocycles. The molecule has 0 saturated heterocycles. The lowest BCUT2D eigenvalue weighted by Gasteiger charge is -2.45. The first-order chi connectivity index (χ1) is 9.58. The lowest BCUT2D eigenvalue weighted by atomic mass is 9.63. The summed E-state index contributed by atoms with van der Waals surface area (Å²) >= 11 is 0. The van der Waals surface area contributed by atoms with Crippen LogP contribution >= 0.6 is 0 Å². The Balaban J connectivity index is 2.16. The molecular formula is C16H25N3O2. The van der Waals surface area contributed by atoms with Crippen molar-refractivity contribution in [2.24, 2.45) is 10.8 Å². The second-order valence-corrected chi connectivity index (χ2v) is 7.87. The maximum Gasteiger partial charge on any atom is 0.287 e. The molecule has 0 atom stereocenters. The zero-order valence-corrected chi connectivity index (χ0v) is 13.6. The SMILES string of the molecule is Cc1cc([N+](=O)[O-])cnc1NC1CC(C)(C)CC(C)(C)C1. The van der Waals surface area contributed by atoms with Crippen LogP contribution < -0.4 is 5.32 Å². The fraction of sp³-hybridized carbons (Fsp3) is 0.688. The summed E-state index contributed by atoms with van der Waals surface area (Å²) in [5, 5.41) is 14.3. The van der Waals surface area contributed by atoms with Gasteiger partial charge in [-0.1, -0.05) is 27.7 Å². The first-order valence-electron chi connectivity index (χ1n) is 7.46. The molecule has 1 N–H and O–H groups in total. The van der Waals surface area contributed by atoms with Crippen LogP contribution in [0.2, 0.25) is 0 Å². The van der Waals surface area contributed by atoms with Crippen LogP contribution in [-0.4, -0.2) is 15.9 Å². The molecule has 1 fully saturated rings. The number of anilines is 1. The number of nitrogens with one attached hydrogen (secondary N) is 1. The Morgan fingerprint density at radius 1 is 1.29 bits per heavy atom. The molecule has 0 aliphatic heterocycles. The van der Waals surface area contributed by atoms with Crippen LogP contribution in [0.15, 0.2) is 12.3 Å². The van der Waals surface area contributed by atoms with E-state index in [1.807, 2.05) is 6.92 Å². The number of aromatic nitrogens is 1. The predicted molar refractivity (Wildman–Crippen MR) is 84.5 cm³/mol. The van der Waals surface area contributed by atoms with E-state index in [0.717, 1.165) is 24.2 Å². The molecule has 0 amide bonds. The largest absolute Gasteiger partial charge is 0.367 e. The first kappa shape index (κ1) is 15.7. The highest BCUT2D eigenvalue weighted by atomic mass is 16.6. The summed E-state index contributed by atoms with van der Waals surface area (Å²) in [6.07, 6.45) is 4.72. The van der Waals surface area contributed by atoms with Crippen molar-refractivity contribution in [2.45, 2.75) is 59.9 Å². The van der Waals surface area contributed by atoms with Crippen molar-refractivity contribution in [3.63, 3.8) is 0 Å². The van der Waals surface area contributed by atoms with Crippen molar-refractivity contribution < 1.29 is 4.92 Å². The summed E-state index contributed by atoms with van der Waals surface area (Å²) in [4.78, 5) is 14.6. The quantitative estimate of drug-likeness (QED) is 0.665. The molecule has 1 aliphatic carbocycles. The van der Waals surface area contributed by atoms with Crippen molar-refractivity contribution in [3.8, 4) is 0 Å². The lowest BCUT2D eigenvalue weighted by Crippen LogP contribution is -2.40. The Morgan fingerprint density at radius 2 is 1.86 bits per heavy atom. The highest BCUT2D eigenvalue weighted by molar-refractivity contribution is 5.49. The molecule has 2 rings (SSSR count). The summed E-state index contributed by atoms with van der Waals surface area (Å²) in [5.74, 6) is 0.763. The van der Waals surface area contributed by atoms with Gasteiger partial charge in [-0.25, -0.2) is 4.98 Å². The number of hydrogen-bond acceptors (Lipinski definition) is 4. The smallest absolute Gasteiger partial charge is 0.287 e. The van der Waals surface area contributed by atoms with Crippen LogP contribution in [0.1, 0.15) is 52.5 Å². The zero-order valence-electron chi connectivity index (χ0n) is 13.6. The van der Waals surface area contributed by atoms with Crippen LogP contribution in [-0.2, 0) is 0 Å². The van der Waals surface area contributed by atoms with E-state index in [1.165, 1.54) is 12.6 Å². The summed E-state index contributed by atoms with van der Waals surface area (Å²) in [6.45, 7) is 11.1. The average molecular weight is 291 g/mol. The van der Waals surface area contributed by atoms with Gasteiger partial charge in [-0.15, -0.1) is 0 Å². The molecule has 0 radical (unpaired) electrons. The van der Waals surface area contributed by atoms with Crippen molar-refractivity contribution >= 4 is 11.5 Å².